The van der Waals surface area contributed by atoms with E-state index in [1.165, 1.54) is 58.3 Å². The lowest BCUT2D eigenvalue weighted by atomic mass is 9.96. The van der Waals surface area contributed by atoms with E-state index in [0.717, 1.165) is 18.1 Å². The van der Waals surface area contributed by atoms with Gasteiger partial charge in [-0.05, 0) is 41.3 Å². The third-order valence-corrected chi connectivity index (χ3v) is 7.09. The average Bonchev–Trinajstić information content (AvgIpc) is 3.68. The van der Waals surface area contributed by atoms with Crippen molar-refractivity contribution in [3.8, 4) is 0 Å². The lowest BCUT2D eigenvalue weighted by Crippen LogP contribution is -2.49. The average molecular weight is 538 g/mol. The summed E-state index contributed by atoms with van der Waals surface area (Å²) in [6.07, 6.45) is -0.693. The molecule has 1 N–H and O–H groups in total. The molecule has 0 radical (unpaired) electrons. The molecule has 202 valence electrons. The zero-order chi connectivity index (χ0) is 27.6. The number of halogens is 4. The largest absolute Gasteiger partial charge is 0.416 e. The van der Waals surface area contributed by atoms with E-state index in [4.69, 9.17) is 0 Å². The topological polar surface area (TPSA) is 52.7 Å². The Morgan fingerprint density at radius 2 is 1.64 bits per heavy atom. The van der Waals surface area contributed by atoms with E-state index in [-0.39, 0.29) is 37.2 Å². The molecule has 5 rings (SSSR count). The summed E-state index contributed by atoms with van der Waals surface area (Å²) in [6.45, 7) is -0.311. The zero-order valence-electron chi connectivity index (χ0n) is 20.9. The third-order valence-electron chi connectivity index (χ3n) is 7.09. The summed E-state index contributed by atoms with van der Waals surface area (Å²) in [5, 5.41) is 2.98. The van der Waals surface area contributed by atoms with E-state index in [1.54, 1.807) is 6.08 Å². The first-order chi connectivity index (χ1) is 18.7. The Hall–Kier alpha value is -4.14. The Morgan fingerprint density at radius 3 is 2.36 bits per heavy atom. The van der Waals surface area contributed by atoms with Crippen LogP contribution in [0.25, 0.3) is 0 Å². The van der Waals surface area contributed by atoms with Gasteiger partial charge < -0.3 is 15.1 Å². The first kappa shape index (κ1) is 26.5. The van der Waals surface area contributed by atoms with Crippen LogP contribution in [0.4, 0.5) is 22.4 Å². The van der Waals surface area contributed by atoms with Crippen LogP contribution in [-0.4, -0.2) is 40.9 Å². The number of carbonyl (C=O) groups excluding carboxylic acids is 2. The van der Waals surface area contributed by atoms with E-state index < -0.39 is 35.5 Å². The number of nitrogens with one attached hydrogen (secondary N) is 1. The third kappa shape index (κ3) is 6.13. The zero-order valence-corrected chi connectivity index (χ0v) is 20.9. The van der Waals surface area contributed by atoms with Gasteiger partial charge >= 0.3 is 12.2 Å². The molecule has 3 aromatic carbocycles. The van der Waals surface area contributed by atoms with Crippen LogP contribution >= 0.6 is 0 Å². The maximum atomic E-state index is 13.9. The first-order valence-corrected chi connectivity index (χ1v) is 12.7. The van der Waals surface area contributed by atoms with Crippen LogP contribution in [-0.2, 0) is 17.5 Å². The van der Waals surface area contributed by atoms with Crippen LogP contribution in [0.1, 0.15) is 40.6 Å². The van der Waals surface area contributed by atoms with E-state index in [0.29, 0.717) is 5.56 Å². The van der Waals surface area contributed by atoms with Gasteiger partial charge in [0.15, 0.2) is 0 Å². The minimum absolute atomic E-state index is 0.0499. The highest BCUT2D eigenvalue weighted by atomic mass is 19.4. The van der Waals surface area contributed by atoms with Crippen molar-refractivity contribution in [1.82, 2.24) is 15.1 Å². The maximum absolute atomic E-state index is 13.9. The van der Waals surface area contributed by atoms with E-state index in [1.807, 2.05) is 30.3 Å². The molecule has 1 fully saturated rings. The van der Waals surface area contributed by atoms with Crippen LogP contribution in [0.2, 0.25) is 0 Å². The Bertz CT molecular complexity index is 1360. The van der Waals surface area contributed by atoms with Crippen molar-refractivity contribution in [3.05, 3.63) is 119 Å². The Balaban J connectivity index is 1.40. The van der Waals surface area contributed by atoms with Gasteiger partial charge in [0, 0.05) is 25.0 Å². The highest BCUT2D eigenvalue weighted by molar-refractivity contribution is 5.85. The van der Waals surface area contributed by atoms with Crippen molar-refractivity contribution in [2.24, 2.45) is 0 Å². The van der Waals surface area contributed by atoms with Crippen molar-refractivity contribution in [1.29, 1.82) is 0 Å². The summed E-state index contributed by atoms with van der Waals surface area (Å²) in [7, 11) is 0. The minimum atomic E-state index is -4.62. The molecule has 0 aromatic heterocycles. The summed E-state index contributed by atoms with van der Waals surface area (Å²) in [5.41, 5.74) is 0.765. The normalized spacial score (nSPS) is 22.2. The predicted octanol–water partition coefficient (Wildman–Crippen LogP) is 6.05. The fourth-order valence-corrected chi connectivity index (χ4v) is 4.98. The molecule has 0 saturated heterocycles. The molecule has 9 heteroatoms. The van der Waals surface area contributed by atoms with Crippen LogP contribution < -0.4 is 5.32 Å². The van der Waals surface area contributed by atoms with Gasteiger partial charge in [-0.3, -0.25) is 4.79 Å². The number of benzene rings is 3. The van der Waals surface area contributed by atoms with Gasteiger partial charge in [0.25, 0.3) is 0 Å². The number of carbonyl (C=O) groups is 2. The summed E-state index contributed by atoms with van der Waals surface area (Å²) < 4.78 is 55.2. The van der Waals surface area contributed by atoms with Crippen molar-refractivity contribution in [2.45, 2.75) is 37.1 Å². The van der Waals surface area contributed by atoms with E-state index >= 15 is 0 Å². The molecule has 3 amide bonds. The predicted molar refractivity (Wildman–Crippen MR) is 138 cm³/mol. The Kier molecular flexibility index (Phi) is 7.41. The monoisotopic (exact) mass is 537 g/mol. The molecule has 39 heavy (non-hydrogen) atoms. The van der Waals surface area contributed by atoms with Gasteiger partial charge in [-0.25, -0.2) is 9.18 Å². The van der Waals surface area contributed by atoms with Crippen molar-refractivity contribution in [2.75, 3.05) is 13.1 Å². The molecule has 0 bridgehead atoms. The maximum Gasteiger partial charge on any atom is 0.416 e. The fourth-order valence-electron chi connectivity index (χ4n) is 4.98. The van der Waals surface area contributed by atoms with Crippen molar-refractivity contribution < 1.29 is 27.2 Å². The lowest BCUT2D eigenvalue weighted by molar-refractivity contribution is -0.141. The highest BCUT2D eigenvalue weighted by Gasteiger charge is 2.41. The smallest absolute Gasteiger partial charge is 0.335 e. The van der Waals surface area contributed by atoms with E-state index in [9.17, 15) is 27.2 Å². The van der Waals surface area contributed by atoms with Gasteiger partial charge in [-0.15, -0.1) is 0 Å². The Morgan fingerprint density at radius 1 is 0.949 bits per heavy atom. The fraction of sp³-hybridized carbons (Fsp3) is 0.267. The summed E-state index contributed by atoms with van der Waals surface area (Å²) >= 11 is 0. The van der Waals surface area contributed by atoms with Crippen molar-refractivity contribution >= 4 is 11.9 Å². The molecule has 0 spiro atoms. The SMILES string of the molecule is O=C(NC1C[C@H]1c1ccccc1)N1C/C=C\[C@H](c2ccccc2C(F)(F)F)N(Cc2ccc(F)cc2)C(=O)C1. The lowest BCUT2D eigenvalue weighted by Gasteiger charge is -2.35. The number of alkyl halides is 3. The van der Waals surface area contributed by atoms with Crippen LogP contribution in [0.5, 0.6) is 0 Å². The summed E-state index contributed by atoms with van der Waals surface area (Å²) in [4.78, 5) is 29.3. The number of urea groups is 1. The molecule has 1 heterocycles. The standard InChI is InChI=1S/C30H27F4N3O2/c31-22-14-12-20(13-15-22)18-37-27(23-9-4-5-10-25(23)30(32,33)34)11-6-16-36(19-28(37)38)29(39)35-26-17-24(26)21-7-2-1-3-8-21/h1-15,24,26-27H,16-19H2,(H,35,39)/b11-6-/t24-,26?,27+/m0/s1. The molecule has 1 aliphatic heterocycles. The second kappa shape index (κ2) is 10.9. The molecule has 1 aliphatic carbocycles. The highest BCUT2D eigenvalue weighted by Crippen LogP contribution is 2.41. The summed E-state index contributed by atoms with van der Waals surface area (Å²) in [5.74, 6) is -0.779. The van der Waals surface area contributed by atoms with Crippen LogP contribution in [0, 0.1) is 5.82 Å². The van der Waals surface area contributed by atoms with Gasteiger partial charge in [0.2, 0.25) is 5.91 Å². The van der Waals surface area contributed by atoms with Crippen LogP contribution in [0.15, 0.2) is 91.0 Å². The number of amides is 3. The minimum Gasteiger partial charge on any atom is -0.335 e. The molecule has 2 aliphatic rings. The molecule has 1 saturated carbocycles. The van der Waals surface area contributed by atoms with E-state index in [2.05, 4.69) is 5.32 Å². The number of nitrogens with zero attached hydrogens (tertiary/aromatic N) is 2. The second-order valence-corrected chi connectivity index (χ2v) is 9.80. The first-order valence-electron chi connectivity index (χ1n) is 12.7. The Labute approximate surface area is 223 Å². The molecule has 3 aromatic rings. The van der Waals surface area contributed by atoms with Crippen molar-refractivity contribution in [3.63, 3.8) is 0 Å². The number of hydrogen-bond acceptors (Lipinski definition) is 2. The quantitative estimate of drug-likeness (QED) is 0.318. The molecule has 1 unspecified atom stereocenters. The number of hydrogen-bond donors (Lipinski definition) is 1. The van der Waals surface area contributed by atoms with Gasteiger partial charge in [0.05, 0.1) is 11.6 Å². The summed E-state index contributed by atoms with van der Waals surface area (Å²) in [6, 6.07) is 18.9. The van der Waals surface area contributed by atoms with Crippen LogP contribution in [0.3, 0.4) is 0 Å². The second-order valence-electron chi connectivity index (χ2n) is 9.80. The molecular weight excluding hydrogens is 510 g/mol. The van der Waals surface area contributed by atoms with Gasteiger partial charge in [-0.1, -0.05) is 72.8 Å². The van der Waals surface area contributed by atoms with Gasteiger partial charge in [0.1, 0.15) is 12.4 Å². The van der Waals surface area contributed by atoms with Gasteiger partial charge in [-0.2, -0.15) is 13.2 Å². The molecular formula is C30H27F4N3O2. The molecule has 3 atom stereocenters. The molecule has 5 nitrogen and oxygen atoms in total. The number of rotatable bonds is 5.